The molecule has 3 nitrogen and oxygen atoms in total. The highest BCUT2D eigenvalue weighted by atomic mass is 16.5. The van der Waals surface area contributed by atoms with Crippen molar-refractivity contribution in [3.05, 3.63) is 0 Å². The van der Waals surface area contributed by atoms with E-state index in [9.17, 15) is 0 Å². The van der Waals surface area contributed by atoms with Gasteiger partial charge in [0.25, 0.3) is 0 Å². The molecule has 17 heavy (non-hydrogen) atoms. The molecule has 0 spiro atoms. The molecule has 2 unspecified atom stereocenters. The second kappa shape index (κ2) is 4.52. The van der Waals surface area contributed by atoms with E-state index in [1.54, 1.807) is 0 Å². The minimum absolute atomic E-state index is 0.383. The molecule has 3 heterocycles. The maximum Gasteiger partial charge on any atom is 0.0483 e. The number of rotatable bonds is 1. The first-order valence-corrected chi connectivity index (χ1v) is 7.31. The average Bonchev–Trinajstić information content (AvgIpc) is 2.28. The molecule has 0 radical (unpaired) electrons. The van der Waals surface area contributed by atoms with Gasteiger partial charge in [-0.2, -0.15) is 0 Å². The van der Waals surface area contributed by atoms with Gasteiger partial charge in [-0.05, 0) is 45.4 Å². The fourth-order valence-corrected chi connectivity index (χ4v) is 4.37. The highest BCUT2D eigenvalue weighted by Crippen LogP contribution is 2.42. The lowest BCUT2D eigenvalue weighted by Gasteiger charge is -2.57. The molecule has 2 N–H and O–H groups in total. The third-order valence-corrected chi connectivity index (χ3v) is 5.20. The van der Waals surface area contributed by atoms with Gasteiger partial charge in [0.15, 0.2) is 0 Å². The lowest BCUT2D eigenvalue weighted by molar-refractivity contribution is -0.0963. The number of nitrogens with two attached hydrogens (primary N) is 1. The molecule has 3 saturated heterocycles. The van der Waals surface area contributed by atoms with Crippen LogP contribution in [0.5, 0.6) is 0 Å². The lowest BCUT2D eigenvalue weighted by Crippen LogP contribution is -2.64. The van der Waals surface area contributed by atoms with Crippen LogP contribution in [0.1, 0.15) is 51.9 Å². The molecule has 3 aliphatic heterocycles. The Hall–Kier alpha value is -0.120. The van der Waals surface area contributed by atoms with E-state index < -0.39 is 0 Å². The molecule has 3 heteroatoms. The fourth-order valence-electron chi connectivity index (χ4n) is 4.37. The summed E-state index contributed by atoms with van der Waals surface area (Å²) in [6.07, 6.45) is 8.97. The number of nitrogens with zero attached hydrogens (tertiary/aromatic N) is 1. The van der Waals surface area contributed by atoms with Crippen molar-refractivity contribution >= 4 is 0 Å². The topological polar surface area (TPSA) is 38.5 Å². The SMILES string of the molecule is CC1(N2C3CCCC2CC(N)C3)CCOCC1. The molecule has 0 amide bonds. The van der Waals surface area contributed by atoms with Crippen LogP contribution >= 0.6 is 0 Å². The Balaban J connectivity index is 1.81. The summed E-state index contributed by atoms with van der Waals surface area (Å²) in [6.45, 7) is 4.34. The van der Waals surface area contributed by atoms with Gasteiger partial charge in [-0.25, -0.2) is 0 Å². The molecule has 0 aromatic rings. The van der Waals surface area contributed by atoms with E-state index in [0.717, 1.165) is 25.3 Å². The Morgan fingerprint density at radius 1 is 1.12 bits per heavy atom. The third-order valence-electron chi connectivity index (χ3n) is 5.20. The quantitative estimate of drug-likeness (QED) is 0.758. The number of piperidine rings is 2. The number of hydrogen-bond acceptors (Lipinski definition) is 3. The van der Waals surface area contributed by atoms with Crippen molar-refractivity contribution < 1.29 is 4.74 Å². The minimum atomic E-state index is 0.383. The van der Waals surface area contributed by atoms with Crippen LogP contribution in [0.15, 0.2) is 0 Å². The molecule has 98 valence electrons. The maximum atomic E-state index is 6.21. The van der Waals surface area contributed by atoms with Crippen LogP contribution < -0.4 is 5.73 Å². The van der Waals surface area contributed by atoms with Crippen LogP contribution in [-0.2, 0) is 4.74 Å². The monoisotopic (exact) mass is 238 g/mol. The second-order valence-corrected chi connectivity index (χ2v) is 6.49. The van der Waals surface area contributed by atoms with Crippen molar-refractivity contribution in [3.8, 4) is 0 Å². The van der Waals surface area contributed by atoms with E-state index in [1.807, 2.05) is 0 Å². The summed E-state index contributed by atoms with van der Waals surface area (Å²) in [6, 6.07) is 1.95. The fraction of sp³-hybridized carbons (Fsp3) is 1.00. The second-order valence-electron chi connectivity index (χ2n) is 6.49. The first-order chi connectivity index (χ1) is 8.19. The zero-order valence-corrected chi connectivity index (χ0v) is 11.0. The van der Waals surface area contributed by atoms with Crippen molar-refractivity contribution in [2.75, 3.05) is 13.2 Å². The van der Waals surface area contributed by atoms with Gasteiger partial charge in [0, 0.05) is 36.9 Å². The molecule has 0 aromatic heterocycles. The molecule has 0 saturated carbocycles. The summed E-state index contributed by atoms with van der Waals surface area (Å²) in [5.41, 5.74) is 6.59. The van der Waals surface area contributed by atoms with E-state index >= 15 is 0 Å². The van der Waals surface area contributed by atoms with E-state index in [-0.39, 0.29) is 0 Å². The Morgan fingerprint density at radius 2 is 1.71 bits per heavy atom. The van der Waals surface area contributed by atoms with Crippen LogP contribution in [0.4, 0.5) is 0 Å². The number of fused-ring (bicyclic) bond motifs is 2. The summed E-state index contributed by atoms with van der Waals surface area (Å²) in [4.78, 5) is 2.85. The molecule has 2 bridgehead atoms. The lowest BCUT2D eigenvalue weighted by atomic mass is 9.76. The molecule has 0 aliphatic carbocycles. The van der Waals surface area contributed by atoms with E-state index in [4.69, 9.17) is 10.5 Å². The minimum Gasteiger partial charge on any atom is -0.381 e. The molecular weight excluding hydrogens is 212 g/mol. The zero-order chi connectivity index (χ0) is 11.9. The van der Waals surface area contributed by atoms with Gasteiger partial charge >= 0.3 is 0 Å². The maximum absolute atomic E-state index is 6.21. The molecule has 3 rings (SSSR count). The average molecular weight is 238 g/mol. The molecule has 3 aliphatic rings. The first-order valence-electron chi connectivity index (χ1n) is 7.31. The van der Waals surface area contributed by atoms with Crippen molar-refractivity contribution in [2.24, 2.45) is 5.73 Å². The van der Waals surface area contributed by atoms with Crippen molar-refractivity contribution in [1.82, 2.24) is 4.90 Å². The summed E-state index contributed by atoms with van der Waals surface area (Å²) >= 11 is 0. The van der Waals surface area contributed by atoms with Gasteiger partial charge in [-0.15, -0.1) is 0 Å². The van der Waals surface area contributed by atoms with Gasteiger partial charge in [-0.3, -0.25) is 4.90 Å². The van der Waals surface area contributed by atoms with Crippen molar-refractivity contribution in [3.63, 3.8) is 0 Å². The van der Waals surface area contributed by atoms with E-state index in [1.165, 1.54) is 44.9 Å². The highest BCUT2D eigenvalue weighted by Gasteiger charge is 2.46. The third kappa shape index (κ3) is 2.13. The van der Waals surface area contributed by atoms with E-state index in [0.29, 0.717) is 11.6 Å². The Morgan fingerprint density at radius 3 is 2.29 bits per heavy atom. The highest BCUT2D eigenvalue weighted by molar-refractivity contribution is 5.02. The van der Waals surface area contributed by atoms with Crippen LogP contribution in [0, 0.1) is 0 Å². The largest absolute Gasteiger partial charge is 0.381 e. The Labute approximate surface area is 105 Å². The zero-order valence-electron chi connectivity index (χ0n) is 11.0. The summed E-state index contributed by atoms with van der Waals surface area (Å²) in [5, 5.41) is 0. The van der Waals surface area contributed by atoms with Gasteiger partial charge in [0.05, 0.1) is 0 Å². The van der Waals surface area contributed by atoms with Crippen molar-refractivity contribution in [1.29, 1.82) is 0 Å². The van der Waals surface area contributed by atoms with Gasteiger partial charge in [0.2, 0.25) is 0 Å². The normalized spacial score (nSPS) is 42.4. The predicted molar refractivity (Wildman–Crippen MR) is 68.9 cm³/mol. The van der Waals surface area contributed by atoms with Gasteiger partial charge in [-0.1, -0.05) is 6.42 Å². The van der Waals surface area contributed by atoms with Gasteiger partial charge < -0.3 is 10.5 Å². The van der Waals surface area contributed by atoms with Crippen LogP contribution in [0.2, 0.25) is 0 Å². The Kier molecular flexibility index (Phi) is 3.18. The summed E-state index contributed by atoms with van der Waals surface area (Å²) in [7, 11) is 0. The molecule has 3 fully saturated rings. The van der Waals surface area contributed by atoms with E-state index in [2.05, 4.69) is 11.8 Å². The van der Waals surface area contributed by atoms with Crippen LogP contribution in [0.3, 0.4) is 0 Å². The smallest absolute Gasteiger partial charge is 0.0483 e. The summed E-state index contributed by atoms with van der Waals surface area (Å²) < 4.78 is 5.55. The van der Waals surface area contributed by atoms with Gasteiger partial charge in [0.1, 0.15) is 0 Å². The number of hydrogen-bond donors (Lipinski definition) is 1. The molecule has 2 atom stereocenters. The standard InChI is InChI=1S/C14H26N2O/c1-14(5-7-17-8-6-14)16-12-3-2-4-13(16)10-11(15)9-12/h11-13H,2-10,15H2,1H3. The summed E-state index contributed by atoms with van der Waals surface area (Å²) in [5.74, 6) is 0. The Bertz CT molecular complexity index is 261. The number of ether oxygens (including phenoxy) is 1. The van der Waals surface area contributed by atoms with Crippen molar-refractivity contribution in [2.45, 2.75) is 75.5 Å². The molecular formula is C14H26N2O. The molecule has 0 aromatic carbocycles. The van der Waals surface area contributed by atoms with Crippen LogP contribution in [0.25, 0.3) is 0 Å². The van der Waals surface area contributed by atoms with Crippen LogP contribution in [-0.4, -0.2) is 41.8 Å². The predicted octanol–water partition coefficient (Wildman–Crippen LogP) is 1.90. The first kappa shape index (κ1) is 11.9.